The van der Waals surface area contributed by atoms with Crippen molar-refractivity contribution in [1.29, 1.82) is 0 Å². The molecule has 0 bridgehead atoms. The van der Waals surface area contributed by atoms with Gasteiger partial charge in [0.05, 0.1) is 0 Å². The highest BCUT2D eigenvalue weighted by Gasteiger charge is 2.21. The number of hydrogen-bond acceptors (Lipinski definition) is 2. The van der Waals surface area contributed by atoms with Gasteiger partial charge >= 0.3 is 6.03 Å². The largest absolute Gasteiger partial charge is 0.336 e. The van der Waals surface area contributed by atoms with Crippen molar-refractivity contribution in [1.82, 2.24) is 10.2 Å². The van der Waals surface area contributed by atoms with Gasteiger partial charge in [0.1, 0.15) is 0 Å². The number of benzene rings is 2. The predicted octanol–water partition coefficient (Wildman–Crippen LogP) is 2.46. The minimum Gasteiger partial charge on any atom is -0.336 e. The topological polar surface area (TPSA) is 61.4 Å². The summed E-state index contributed by atoms with van der Waals surface area (Å²) in [7, 11) is 0. The average Bonchev–Trinajstić information content (AvgIpc) is 2.94. The van der Waals surface area contributed by atoms with E-state index >= 15 is 0 Å². The molecule has 0 saturated carbocycles. The lowest BCUT2D eigenvalue weighted by Crippen LogP contribution is -2.28. The number of urea groups is 1. The van der Waals surface area contributed by atoms with Crippen LogP contribution in [0.4, 0.5) is 10.5 Å². The van der Waals surface area contributed by atoms with E-state index in [4.69, 9.17) is 0 Å². The number of carbonyl (C=O) groups is 2. The number of nitrogens with one attached hydrogen (secondary N) is 2. The molecule has 5 nitrogen and oxygen atoms in total. The van der Waals surface area contributed by atoms with Crippen molar-refractivity contribution in [2.75, 3.05) is 18.4 Å². The van der Waals surface area contributed by atoms with Gasteiger partial charge in [-0.2, -0.15) is 0 Å². The molecule has 2 aromatic rings. The first kappa shape index (κ1) is 14.1. The number of hydrogen-bond donors (Lipinski definition) is 2. The van der Waals surface area contributed by atoms with Crippen molar-refractivity contribution in [3.05, 3.63) is 65.7 Å². The Balaban J connectivity index is 1.78. The molecule has 0 atom stereocenters. The number of rotatable bonds is 4. The van der Waals surface area contributed by atoms with Gasteiger partial charge in [-0.3, -0.25) is 4.79 Å². The number of carbonyl (C=O) groups excluding carboxylic acids is 2. The highest BCUT2D eigenvalue weighted by Crippen LogP contribution is 2.15. The van der Waals surface area contributed by atoms with Crippen LogP contribution in [0.5, 0.6) is 0 Å². The second kappa shape index (κ2) is 6.30. The molecule has 1 aliphatic heterocycles. The van der Waals surface area contributed by atoms with Crippen LogP contribution in [0.25, 0.3) is 0 Å². The van der Waals surface area contributed by atoms with E-state index in [1.165, 1.54) is 0 Å². The molecule has 2 N–H and O–H groups in total. The minimum atomic E-state index is -0.165. The smallest absolute Gasteiger partial charge is 0.317 e. The van der Waals surface area contributed by atoms with E-state index in [9.17, 15) is 9.59 Å². The summed E-state index contributed by atoms with van der Waals surface area (Å²) in [6.07, 6.45) is 0. The van der Waals surface area contributed by atoms with E-state index in [2.05, 4.69) is 10.6 Å². The molecular formula is C17H17N3O2. The lowest BCUT2D eigenvalue weighted by Gasteiger charge is -2.16. The Morgan fingerprint density at radius 3 is 2.55 bits per heavy atom. The average molecular weight is 295 g/mol. The SMILES string of the molecule is O=C(Nc1ccccc1)c1ccccc1CN1CCNC1=O. The van der Waals surface area contributed by atoms with Crippen molar-refractivity contribution in [3.63, 3.8) is 0 Å². The maximum atomic E-state index is 12.5. The van der Waals surface area contributed by atoms with Gasteiger partial charge in [-0.05, 0) is 23.8 Å². The summed E-state index contributed by atoms with van der Waals surface area (Å²) in [5.41, 5.74) is 2.18. The molecule has 0 unspecified atom stereocenters. The standard InChI is InChI=1S/C17H17N3O2/c21-16(19-14-7-2-1-3-8-14)15-9-5-4-6-13(15)12-20-11-10-18-17(20)22/h1-9H,10-12H2,(H,18,22)(H,19,21). The summed E-state index contributed by atoms with van der Waals surface area (Å²) in [6.45, 7) is 1.74. The maximum absolute atomic E-state index is 12.5. The van der Waals surface area contributed by atoms with Gasteiger partial charge < -0.3 is 15.5 Å². The van der Waals surface area contributed by atoms with Gasteiger partial charge in [-0.25, -0.2) is 4.79 Å². The highest BCUT2D eigenvalue weighted by atomic mass is 16.2. The summed E-state index contributed by atoms with van der Waals surface area (Å²) in [6, 6.07) is 16.6. The number of amides is 3. The molecule has 112 valence electrons. The number of nitrogens with zero attached hydrogens (tertiary/aromatic N) is 1. The third-order valence-corrected chi connectivity index (χ3v) is 3.60. The van der Waals surface area contributed by atoms with Crippen LogP contribution in [0.15, 0.2) is 54.6 Å². The van der Waals surface area contributed by atoms with Crippen LogP contribution in [0.2, 0.25) is 0 Å². The van der Waals surface area contributed by atoms with Crippen molar-refractivity contribution in [2.24, 2.45) is 0 Å². The fourth-order valence-electron chi connectivity index (χ4n) is 2.47. The molecule has 0 aromatic heterocycles. The third-order valence-electron chi connectivity index (χ3n) is 3.60. The van der Waals surface area contributed by atoms with Gasteiger partial charge in [0.2, 0.25) is 0 Å². The Morgan fingerprint density at radius 2 is 1.82 bits per heavy atom. The van der Waals surface area contributed by atoms with E-state index in [0.29, 0.717) is 25.2 Å². The Bertz CT molecular complexity index is 685. The van der Waals surface area contributed by atoms with Crippen molar-refractivity contribution >= 4 is 17.6 Å². The fourth-order valence-corrected chi connectivity index (χ4v) is 2.47. The first-order chi connectivity index (χ1) is 10.7. The summed E-state index contributed by atoms with van der Waals surface area (Å²) in [4.78, 5) is 25.8. The van der Waals surface area contributed by atoms with Gasteiger partial charge in [0.15, 0.2) is 0 Å². The van der Waals surface area contributed by atoms with Crippen LogP contribution < -0.4 is 10.6 Å². The molecule has 0 radical (unpaired) electrons. The van der Waals surface area contributed by atoms with E-state index in [0.717, 1.165) is 11.3 Å². The molecule has 5 heteroatoms. The quantitative estimate of drug-likeness (QED) is 0.910. The Hall–Kier alpha value is -2.82. The Labute approximate surface area is 128 Å². The van der Waals surface area contributed by atoms with E-state index in [1.54, 1.807) is 11.0 Å². The monoisotopic (exact) mass is 295 g/mol. The molecule has 3 amide bonds. The summed E-state index contributed by atoms with van der Waals surface area (Å²) in [5.74, 6) is -0.165. The second-order valence-electron chi connectivity index (χ2n) is 5.13. The molecule has 22 heavy (non-hydrogen) atoms. The summed E-state index contributed by atoms with van der Waals surface area (Å²) >= 11 is 0. The zero-order valence-corrected chi connectivity index (χ0v) is 12.1. The molecule has 1 saturated heterocycles. The maximum Gasteiger partial charge on any atom is 0.317 e. The lowest BCUT2D eigenvalue weighted by atomic mass is 10.1. The molecule has 0 spiro atoms. The van der Waals surface area contributed by atoms with Gasteiger partial charge in [-0.15, -0.1) is 0 Å². The van der Waals surface area contributed by atoms with Crippen molar-refractivity contribution in [2.45, 2.75) is 6.54 Å². The lowest BCUT2D eigenvalue weighted by molar-refractivity contribution is 0.102. The first-order valence-corrected chi connectivity index (χ1v) is 7.21. The van der Waals surface area contributed by atoms with Crippen LogP contribution in [0, 0.1) is 0 Å². The molecule has 1 heterocycles. The molecule has 1 fully saturated rings. The van der Waals surface area contributed by atoms with Crippen LogP contribution >= 0.6 is 0 Å². The fraction of sp³-hybridized carbons (Fsp3) is 0.176. The molecule has 2 aromatic carbocycles. The first-order valence-electron chi connectivity index (χ1n) is 7.21. The van der Waals surface area contributed by atoms with E-state index < -0.39 is 0 Å². The van der Waals surface area contributed by atoms with E-state index in [1.807, 2.05) is 48.5 Å². The highest BCUT2D eigenvalue weighted by molar-refractivity contribution is 6.05. The van der Waals surface area contributed by atoms with Gasteiger partial charge in [0.25, 0.3) is 5.91 Å². The molecule has 1 aliphatic rings. The second-order valence-corrected chi connectivity index (χ2v) is 5.13. The minimum absolute atomic E-state index is 0.0849. The zero-order chi connectivity index (χ0) is 15.4. The molecule has 3 rings (SSSR count). The van der Waals surface area contributed by atoms with Crippen LogP contribution in [0.1, 0.15) is 15.9 Å². The molecule has 0 aliphatic carbocycles. The normalized spacial score (nSPS) is 13.8. The molecular weight excluding hydrogens is 278 g/mol. The van der Waals surface area contributed by atoms with Gasteiger partial charge in [-0.1, -0.05) is 36.4 Å². The summed E-state index contributed by atoms with van der Waals surface area (Å²) in [5, 5.41) is 5.64. The third kappa shape index (κ3) is 3.09. The number of para-hydroxylation sites is 1. The zero-order valence-electron chi connectivity index (χ0n) is 12.1. The van der Waals surface area contributed by atoms with Crippen LogP contribution in [-0.4, -0.2) is 29.9 Å². The van der Waals surface area contributed by atoms with Crippen LogP contribution in [-0.2, 0) is 6.54 Å². The Morgan fingerprint density at radius 1 is 1.09 bits per heavy atom. The predicted molar refractivity (Wildman–Crippen MR) is 84.6 cm³/mol. The van der Waals surface area contributed by atoms with Crippen molar-refractivity contribution in [3.8, 4) is 0 Å². The van der Waals surface area contributed by atoms with Crippen LogP contribution in [0.3, 0.4) is 0 Å². The number of anilines is 1. The summed E-state index contributed by atoms with van der Waals surface area (Å²) < 4.78 is 0. The van der Waals surface area contributed by atoms with Crippen molar-refractivity contribution < 1.29 is 9.59 Å². The Kier molecular flexibility index (Phi) is 4.05. The van der Waals surface area contributed by atoms with E-state index in [-0.39, 0.29) is 11.9 Å². The van der Waals surface area contributed by atoms with Gasteiger partial charge in [0, 0.05) is 30.9 Å².